The minimum atomic E-state index is 0. The molecule has 0 aromatic heterocycles. The van der Waals surface area contributed by atoms with Gasteiger partial charge in [0, 0.05) is 55.3 Å². The summed E-state index contributed by atoms with van der Waals surface area (Å²) in [6, 6.07) is 16.0. The molecule has 19 heavy (non-hydrogen) atoms. The molecule has 0 aliphatic rings. The van der Waals surface area contributed by atoms with Gasteiger partial charge in [0.15, 0.2) is 0 Å². The Balaban J connectivity index is 0.00000180. The summed E-state index contributed by atoms with van der Waals surface area (Å²) in [5, 5.41) is 9.30. The molecule has 0 amide bonds. The molecular weight excluding hydrogens is 245 g/mol. The van der Waals surface area contributed by atoms with Crippen LogP contribution in [-0.4, -0.2) is 48.8 Å². The van der Waals surface area contributed by atoms with E-state index < -0.39 is 0 Å². The van der Waals surface area contributed by atoms with E-state index in [0.717, 1.165) is 0 Å². The van der Waals surface area contributed by atoms with E-state index in [0.29, 0.717) is 11.7 Å². The molecule has 0 aliphatic carbocycles. The van der Waals surface area contributed by atoms with Gasteiger partial charge in [-0.05, 0) is 35.4 Å². The third-order valence-corrected chi connectivity index (χ3v) is 3.30. The molecule has 0 bridgehead atoms. The zero-order valence-corrected chi connectivity index (χ0v) is 14.1. The molecular formula is C16H19NNaO. The van der Waals surface area contributed by atoms with Crippen molar-refractivity contribution in [3.8, 4) is 5.75 Å². The smallest absolute Gasteiger partial charge is 0.115 e. The zero-order valence-electron chi connectivity index (χ0n) is 12.1. The number of benzene rings is 2. The Bertz CT molecular complexity index is 505. The molecule has 2 aromatic carbocycles. The Kier molecular flexibility index (Phi) is 5.92. The van der Waals surface area contributed by atoms with Crippen LogP contribution in [0.25, 0.3) is 0 Å². The van der Waals surface area contributed by atoms with Crippen molar-refractivity contribution in [2.75, 3.05) is 19.0 Å². The minimum Gasteiger partial charge on any atom is -0.508 e. The van der Waals surface area contributed by atoms with Crippen LogP contribution >= 0.6 is 0 Å². The molecule has 0 spiro atoms. The number of aromatic hydroxyl groups is 1. The van der Waals surface area contributed by atoms with Gasteiger partial charge in [0.2, 0.25) is 0 Å². The molecule has 0 saturated carbocycles. The van der Waals surface area contributed by atoms with E-state index in [1.54, 1.807) is 12.1 Å². The van der Waals surface area contributed by atoms with Crippen molar-refractivity contribution in [3.05, 3.63) is 59.7 Å². The Morgan fingerprint density at radius 3 is 1.68 bits per heavy atom. The summed E-state index contributed by atoms with van der Waals surface area (Å²) in [4.78, 5) is 2.09. The molecule has 1 unspecified atom stereocenters. The first-order chi connectivity index (χ1) is 8.58. The first kappa shape index (κ1) is 16.1. The van der Waals surface area contributed by atoms with Gasteiger partial charge >= 0.3 is 0 Å². The fourth-order valence-corrected chi connectivity index (χ4v) is 2.02. The van der Waals surface area contributed by atoms with Crippen LogP contribution in [0.5, 0.6) is 5.75 Å². The Morgan fingerprint density at radius 2 is 1.26 bits per heavy atom. The Morgan fingerprint density at radius 1 is 0.842 bits per heavy atom. The second-order valence-electron chi connectivity index (χ2n) is 4.80. The number of anilines is 1. The molecule has 2 aromatic rings. The summed E-state index contributed by atoms with van der Waals surface area (Å²) in [6.45, 7) is 2.18. The van der Waals surface area contributed by atoms with Gasteiger partial charge in [-0.1, -0.05) is 31.2 Å². The van der Waals surface area contributed by atoms with Crippen LogP contribution in [0.15, 0.2) is 48.5 Å². The fraction of sp³-hybridized carbons (Fsp3) is 0.250. The van der Waals surface area contributed by atoms with E-state index in [9.17, 15) is 5.11 Å². The second-order valence-corrected chi connectivity index (χ2v) is 4.80. The monoisotopic (exact) mass is 264 g/mol. The molecule has 1 atom stereocenters. The van der Waals surface area contributed by atoms with Crippen molar-refractivity contribution in [2.45, 2.75) is 12.8 Å². The van der Waals surface area contributed by atoms with E-state index in [1.165, 1.54) is 16.8 Å². The summed E-state index contributed by atoms with van der Waals surface area (Å²) in [5.41, 5.74) is 3.70. The van der Waals surface area contributed by atoms with Crippen LogP contribution in [-0.2, 0) is 0 Å². The van der Waals surface area contributed by atoms with Crippen LogP contribution in [0.3, 0.4) is 0 Å². The van der Waals surface area contributed by atoms with Gasteiger partial charge in [-0.3, -0.25) is 0 Å². The summed E-state index contributed by atoms with van der Waals surface area (Å²) < 4.78 is 0. The molecule has 0 fully saturated rings. The maximum Gasteiger partial charge on any atom is 0.115 e. The normalized spacial score (nSPS) is 11.5. The van der Waals surface area contributed by atoms with Gasteiger partial charge in [0.05, 0.1) is 0 Å². The van der Waals surface area contributed by atoms with Crippen LogP contribution in [0.1, 0.15) is 24.0 Å². The molecule has 2 rings (SSSR count). The number of phenols is 1. The Hall–Kier alpha value is -0.960. The molecule has 2 nitrogen and oxygen atoms in total. The van der Waals surface area contributed by atoms with Crippen molar-refractivity contribution in [1.29, 1.82) is 0 Å². The number of nitrogens with zero attached hydrogens (tertiary/aromatic N) is 1. The van der Waals surface area contributed by atoms with Crippen LogP contribution in [0.4, 0.5) is 5.69 Å². The van der Waals surface area contributed by atoms with Gasteiger partial charge in [-0.15, -0.1) is 0 Å². The quantitative estimate of drug-likeness (QED) is 0.860. The third-order valence-electron chi connectivity index (χ3n) is 3.30. The molecule has 3 heteroatoms. The van der Waals surface area contributed by atoms with E-state index >= 15 is 0 Å². The minimum absolute atomic E-state index is 0. The van der Waals surface area contributed by atoms with E-state index in [2.05, 4.69) is 36.1 Å². The Labute approximate surface area is 137 Å². The van der Waals surface area contributed by atoms with Crippen molar-refractivity contribution < 1.29 is 5.11 Å². The number of hydrogen-bond acceptors (Lipinski definition) is 2. The van der Waals surface area contributed by atoms with Gasteiger partial charge in [0.25, 0.3) is 0 Å². The molecule has 95 valence electrons. The van der Waals surface area contributed by atoms with Crippen molar-refractivity contribution in [1.82, 2.24) is 0 Å². The predicted octanol–water partition coefficient (Wildman–Crippen LogP) is 3.23. The maximum absolute atomic E-state index is 9.30. The van der Waals surface area contributed by atoms with Crippen molar-refractivity contribution in [3.63, 3.8) is 0 Å². The van der Waals surface area contributed by atoms with Gasteiger partial charge in [-0.2, -0.15) is 0 Å². The van der Waals surface area contributed by atoms with Gasteiger partial charge in [-0.25, -0.2) is 0 Å². The predicted molar refractivity (Wildman–Crippen MR) is 82.1 cm³/mol. The second kappa shape index (κ2) is 6.99. The summed E-state index contributed by atoms with van der Waals surface area (Å²) in [7, 11) is 4.08. The standard InChI is InChI=1S/C16H19NO.Na/c1-12(14-6-10-16(18)11-7-14)13-4-8-15(9-5-13)17(2)3;/h4-12,18H,1-3H3;. The third kappa shape index (κ3) is 4.00. The fourth-order valence-electron chi connectivity index (χ4n) is 2.02. The largest absolute Gasteiger partial charge is 0.508 e. The van der Waals surface area contributed by atoms with Crippen molar-refractivity contribution in [2.24, 2.45) is 0 Å². The number of hydrogen-bond donors (Lipinski definition) is 1. The first-order valence-corrected chi connectivity index (χ1v) is 6.14. The molecule has 0 heterocycles. The van der Waals surface area contributed by atoms with Crippen LogP contribution in [0.2, 0.25) is 0 Å². The van der Waals surface area contributed by atoms with Crippen molar-refractivity contribution >= 4 is 35.2 Å². The van der Waals surface area contributed by atoms with Gasteiger partial charge in [0.1, 0.15) is 5.75 Å². The average Bonchev–Trinajstić information content (AvgIpc) is 2.39. The van der Waals surface area contributed by atoms with Crippen LogP contribution in [0, 0.1) is 0 Å². The molecule has 0 aliphatic heterocycles. The van der Waals surface area contributed by atoms with Gasteiger partial charge < -0.3 is 10.0 Å². The van der Waals surface area contributed by atoms with E-state index in [1.807, 2.05) is 26.2 Å². The summed E-state index contributed by atoms with van der Waals surface area (Å²) >= 11 is 0. The molecule has 0 saturated heterocycles. The first-order valence-electron chi connectivity index (χ1n) is 6.14. The molecule has 1 radical (unpaired) electrons. The number of phenolic OH excluding ortho intramolecular Hbond substituents is 1. The SMILES string of the molecule is CC(c1ccc(O)cc1)c1ccc(N(C)C)cc1.[Na]. The average molecular weight is 264 g/mol. The summed E-state index contributed by atoms with van der Waals surface area (Å²) in [6.07, 6.45) is 0. The van der Waals surface area contributed by atoms with E-state index in [4.69, 9.17) is 0 Å². The molecule has 1 N–H and O–H groups in total. The van der Waals surface area contributed by atoms with Crippen LogP contribution < -0.4 is 4.90 Å². The maximum atomic E-state index is 9.30. The summed E-state index contributed by atoms with van der Waals surface area (Å²) in [5.74, 6) is 0.649. The number of rotatable bonds is 3. The topological polar surface area (TPSA) is 23.5 Å². The zero-order chi connectivity index (χ0) is 13.1. The van der Waals surface area contributed by atoms with E-state index in [-0.39, 0.29) is 29.6 Å².